The molecule has 0 saturated carbocycles. The number of benzene rings is 1. The summed E-state index contributed by atoms with van der Waals surface area (Å²) in [5, 5.41) is 9.23. The van der Waals surface area contributed by atoms with Crippen molar-refractivity contribution in [1.29, 1.82) is 0 Å². The number of rotatable bonds is 4. The predicted molar refractivity (Wildman–Crippen MR) is 58.7 cm³/mol. The Morgan fingerprint density at radius 3 is 2.65 bits per heavy atom. The third kappa shape index (κ3) is 3.01. The number of esters is 1. The van der Waals surface area contributed by atoms with E-state index >= 15 is 0 Å². The van der Waals surface area contributed by atoms with E-state index in [1.807, 2.05) is 0 Å². The third-order valence-electron chi connectivity index (χ3n) is 1.99. The number of ketones is 1. The standard InChI is InChI=1S/C10H8ClNO5/c1-17-10(14)9(13)8(11)6-3-2-4-7(5-6)12(15)16/h2-5,8H,1H3. The highest BCUT2D eigenvalue weighted by Gasteiger charge is 2.26. The Morgan fingerprint density at radius 1 is 1.47 bits per heavy atom. The van der Waals surface area contributed by atoms with Crippen LogP contribution < -0.4 is 0 Å². The van der Waals surface area contributed by atoms with Crippen LogP contribution in [0.25, 0.3) is 0 Å². The maximum absolute atomic E-state index is 11.4. The highest BCUT2D eigenvalue weighted by Crippen LogP contribution is 2.25. The number of non-ortho nitro benzene ring substituents is 1. The Bertz CT molecular complexity index is 474. The quantitative estimate of drug-likeness (QED) is 0.269. The molecule has 6 nitrogen and oxygen atoms in total. The van der Waals surface area contributed by atoms with Gasteiger partial charge >= 0.3 is 5.97 Å². The predicted octanol–water partition coefficient (Wildman–Crippen LogP) is 1.62. The highest BCUT2D eigenvalue weighted by atomic mass is 35.5. The van der Waals surface area contributed by atoms with E-state index in [1.54, 1.807) is 0 Å². The van der Waals surface area contributed by atoms with E-state index in [0.717, 1.165) is 13.2 Å². The van der Waals surface area contributed by atoms with Crippen molar-refractivity contribution >= 4 is 29.0 Å². The van der Waals surface area contributed by atoms with Crippen molar-refractivity contribution < 1.29 is 19.2 Å². The Morgan fingerprint density at radius 2 is 2.12 bits per heavy atom. The molecule has 0 saturated heterocycles. The van der Waals surface area contributed by atoms with Gasteiger partial charge in [-0.1, -0.05) is 12.1 Å². The SMILES string of the molecule is COC(=O)C(=O)C(Cl)c1cccc([N+](=O)[O-])c1. The minimum Gasteiger partial charge on any atom is -0.463 e. The van der Waals surface area contributed by atoms with Gasteiger partial charge in [0.15, 0.2) is 0 Å². The second-order valence-corrected chi connectivity index (χ2v) is 3.51. The molecule has 1 aromatic carbocycles. The molecule has 17 heavy (non-hydrogen) atoms. The van der Waals surface area contributed by atoms with Crippen LogP contribution in [-0.4, -0.2) is 23.8 Å². The van der Waals surface area contributed by atoms with E-state index in [2.05, 4.69) is 4.74 Å². The van der Waals surface area contributed by atoms with Crippen molar-refractivity contribution in [2.75, 3.05) is 7.11 Å². The molecule has 1 aromatic rings. The molecule has 90 valence electrons. The second kappa shape index (κ2) is 5.40. The Kier molecular flexibility index (Phi) is 4.17. The molecule has 0 N–H and O–H groups in total. The number of hydrogen-bond acceptors (Lipinski definition) is 5. The summed E-state index contributed by atoms with van der Waals surface area (Å²) in [6.07, 6.45) is 0. The number of ether oxygens (including phenoxy) is 1. The molecule has 1 rings (SSSR count). The van der Waals surface area contributed by atoms with Gasteiger partial charge in [-0.25, -0.2) is 4.79 Å². The van der Waals surface area contributed by atoms with Gasteiger partial charge in [-0.15, -0.1) is 11.6 Å². The largest absolute Gasteiger partial charge is 0.463 e. The van der Waals surface area contributed by atoms with E-state index in [0.29, 0.717) is 0 Å². The lowest BCUT2D eigenvalue weighted by Crippen LogP contribution is -2.20. The monoisotopic (exact) mass is 257 g/mol. The van der Waals surface area contributed by atoms with Gasteiger partial charge in [-0.2, -0.15) is 0 Å². The first-order chi connectivity index (χ1) is 7.97. The first-order valence-corrected chi connectivity index (χ1v) is 4.91. The summed E-state index contributed by atoms with van der Waals surface area (Å²) in [5.41, 5.74) is -0.0258. The topological polar surface area (TPSA) is 86.5 Å². The van der Waals surface area contributed by atoms with Crippen LogP contribution in [0.3, 0.4) is 0 Å². The molecule has 1 atom stereocenters. The maximum Gasteiger partial charge on any atom is 0.376 e. The van der Waals surface area contributed by atoms with Gasteiger partial charge in [0.25, 0.3) is 11.5 Å². The van der Waals surface area contributed by atoms with Crippen LogP contribution in [0.15, 0.2) is 24.3 Å². The van der Waals surface area contributed by atoms with Crippen LogP contribution in [0.2, 0.25) is 0 Å². The number of carbonyl (C=O) groups is 2. The zero-order valence-corrected chi connectivity index (χ0v) is 9.51. The molecule has 0 spiro atoms. The van der Waals surface area contributed by atoms with E-state index in [9.17, 15) is 19.7 Å². The molecule has 7 heteroatoms. The van der Waals surface area contributed by atoms with Crippen LogP contribution in [0.5, 0.6) is 0 Å². The number of carbonyl (C=O) groups excluding carboxylic acids is 2. The number of nitro groups is 1. The Balaban J connectivity index is 3.00. The first-order valence-electron chi connectivity index (χ1n) is 4.48. The summed E-state index contributed by atoms with van der Waals surface area (Å²) in [6, 6.07) is 5.20. The lowest BCUT2D eigenvalue weighted by atomic mass is 10.1. The van der Waals surface area contributed by atoms with Gasteiger partial charge in [-0.3, -0.25) is 14.9 Å². The summed E-state index contributed by atoms with van der Waals surface area (Å²) in [7, 11) is 1.05. The van der Waals surface area contributed by atoms with Crippen LogP contribution in [0, 0.1) is 10.1 Å². The minimum absolute atomic E-state index is 0.177. The Labute approximate surface area is 101 Å². The van der Waals surface area contributed by atoms with Crippen molar-refractivity contribution in [1.82, 2.24) is 0 Å². The molecular weight excluding hydrogens is 250 g/mol. The zero-order valence-electron chi connectivity index (χ0n) is 8.75. The fraction of sp³-hybridized carbons (Fsp3) is 0.200. The average Bonchev–Trinajstić information content (AvgIpc) is 2.36. The van der Waals surface area contributed by atoms with E-state index in [1.165, 1.54) is 18.2 Å². The maximum atomic E-state index is 11.4. The van der Waals surface area contributed by atoms with Gasteiger partial charge in [-0.05, 0) is 5.56 Å². The highest BCUT2D eigenvalue weighted by molar-refractivity contribution is 6.47. The van der Waals surface area contributed by atoms with Crippen LogP contribution in [0.4, 0.5) is 5.69 Å². The molecule has 0 aliphatic rings. The van der Waals surface area contributed by atoms with Gasteiger partial charge in [0, 0.05) is 12.1 Å². The number of nitrogens with zero attached hydrogens (tertiary/aromatic N) is 1. The summed E-state index contributed by atoms with van der Waals surface area (Å²) in [6.45, 7) is 0. The number of alkyl halides is 1. The molecule has 0 radical (unpaired) electrons. The summed E-state index contributed by atoms with van der Waals surface area (Å²) < 4.78 is 4.23. The van der Waals surface area contributed by atoms with Crippen molar-refractivity contribution in [2.45, 2.75) is 5.38 Å². The van der Waals surface area contributed by atoms with Crippen LogP contribution in [-0.2, 0) is 14.3 Å². The number of hydrogen-bond donors (Lipinski definition) is 0. The average molecular weight is 258 g/mol. The number of Topliss-reactive ketones (excluding diaryl/α,β-unsaturated/α-hetero) is 1. The summed E-state index contributed by atoms with van der Waals surface area (Å²) in [4.78, 5) is 32.2. The second-order valence-electron chi connectivity index (χ2n) is 3.07. The molecular formula is C10H8ClNO5. The summed E-state index contributed by atoms with van der Waals surface area (Å²) >= 11 is 5.73. The fourth-order valence-electron chi connectivity index (χ4n) is 1.15. The molecule has 0 aliphatic carbocycles. The van der Waals surface area contributed by atoms with Gasteiger partial charge in [0.2, 0.25) is 0 Å². The zero-order chi connectivity index (χ0) is 13.0. The molecule has 0 amide bonds. The van der Waals surface area contributed by atoms with Gasteiger partial charge < -0.3 is 4.74 Å². The van der Waals surface area contributed by atoms with Crippen LogP contribution in [0.1, 0.15) is 10.9 Å². The molecule has 1 unspecified atom stereocenters. The molecule has 0 fully saturated rings. The first kappa shape index (κ1) is 13.1. The van der Waals surface area contributed by atoms with E-state index < -0.39 is 22.1 Å². The third-order valence-corrected chi connectivity index (χ3v) is 2.44. The minimum atomic E-state index is -1.29. The van der Waals surface area contributed by atoms with E-state index in [-0.39, 0.29) is 11.3 Å². The lowest BCUT2D eigenvalue weighted by molar-refractivity contribution is -0.384. The lowest BCUT2D eigenvalue weighted by Gasteiger charge is -2.06. The van der Waals surface area contributed by atoms with Gasteiger partial charge in [0.1, 0.15) is 5.38 Å². The number of halogens is 1. The summed E-state index contributed by atoms with van der Waals surface area (Å²) in [5.74, 6) is -2.05. The molecule has 0 heterocycles. The number of methoxy groups -OCH3 is 1. The van der Waals surface area contributed by atoms with Crippen molar-refractivity contribution in [3.63, 3.8) is 0 Å². The smallest absolute Gasteiger partial charge is 0.376 e. The molecule has 0 aromatic heterocycles. The van der Waals surface area contributed by atoms with Crippen molar-refractivity contribution in [3.05, 3.63) is 39.9 Å². The van der Waals surface area contributed by atoms with E-state index in [4.69, 9.17) is 11.6 Å². The van der Waals surface area contributed by atoms with Gasteiger partial charge in [0.05, 0.1) is 12.0 Å². The molecule has 0 aliphatic heterocycles. The van der Waals surface area contributed by atoms with Crippen molar-refractivity contribution in [3.8, 4) is 0 Å². The fourth-order valence-corrected chi connectivity index (χ4v) is 1.38. The van der Waals surface area contributed by atoms with Crippen LogP contribution >= 0.6 is 11.6 Å². The molecule has 0 bridgehead atoms. The van der Waals surface area contributed by atoms with Crippen molar-refractivity contribution in [2.24, 2.45) is 0 Å². The number of nitro benzene ring substituents is 1. The Hall–Kier alpha value is -1.95. The normalized spacial score (nSPS) is 11.6.